The van der Waals surface area contributed by atoms with E-state index in [9.17, 15) is 22.4 Å². The van der Waals surface area contributed by atoms with Crippen LogP contribution in [0.5, 0.6) is 0 Å². The third kappa shape index (κ3) is 3.61. The van der Waals surface area contributed by atoms with Crippen LogP contribution in [0.15, 0.2) is 70.7 Å². The van der Waals surface area contributed by atoms with Crippen LogP contribution >= 0.6 is 0 Å². The average Bonchev–Trinajstić information content (AvgIpc) is 3.12. The molecule has 1 N–H and O–H groups in total. The van der Waals surface area contributed by atoms with Crippen LogP contribution < -0.4 is 15.7 Å². The number of aliphatic imine (C=N–C) groups is 1. The van der Waals surface area contributed by atoms with Gasteiger partial charge in [0.2, 0.25) is 5.95 Å². The van der Waals surface area contributed by atoms with E-state index in [1.165, 1.54) is 49.8 Å². The maximum absolute atomic E-state index is 13.5. The zero-order valence-electron chi connectivity index (χ0n) is 17.0. The van der Waals surface area contributed by atoms with Crippen LogP contribution in [0.25, 0.3) is 0 Å². The molecule has 32 heavy (non-hydrogen) atoms. The highest BCUT2D eigenvalue weighted by atomic mass is 19.4. The minimum Gasteiger partial charge on any atom is -0.414 e. The van der Waals surface area contributed by atoms with E-state index in [1.54, 1.807) is 6.07 Å². The van der Waals surface area contributed by atoms with Gasteiger partial charge < -0.3 is 10.2 Å². The Balaban J connectivity index is 1.90. The predicted octanol–water partition coefficient (Wildman–Crippen LogP) is 3.14. The molecule has 0 unspecified atom stereocenters. The molecule has 3 aromatic rings. The highest BCUT2D eigenvalue weighted by molar-refractivity contribution is 6.00. The molecule has 2 atom stereocenters. The standard InChI is InChI=1S/C22H18F4N4O2/c1-13-21(17-8-9-18(23)27-11-17,15-4-6-16(7-5-15)22(24,25)26)29-20(28-13)14-3-10-19(31)30(12-14)32-2/h3-13H,1-2H3,(H,28,29)/t13-,21-/m0/s1. The summed E-state index contributed by atoms with van der Waals surface area (Å²) in [5, 5.41) is 3.22. The van der Waals surface area contributed by atoms with E-state index in [-0.39, 0.29) is 5.56 Å². The second-order valence-electron chi connectivity index (χ2n) is 7.30. The zero-order chi connectivity index (χ0) is 23.1. The van der Waals surface area contributed by atoms with Crippen molar-refractivity contribution in [2.24, 2.45) is 4.99 Å². The van der Waals surface area contributed by atoms with Gasteiger partial charge in [-0.25, -0.2) is 9.98 Å². The number of benzene rings is 1. The van der Waals surface area contributed by atoms with Crippen molar-refractivity contribution in [3.63, 3.8) is 0 Å². The normalized spacial score (nSPS) is 20.6. The lowest BCUT2D eigenvalue weighted by atomic mass is 9.79. The number of aromatic nitrogens is 2. The molecule has 1 aliphatic heterocycles. The maximum atomic E-state index is 13.5. The van der Waals surface area contributed by atoms with Crippen LogP contribution in [0.1, 0.15) is 29.2 Å². The summed E-state index contributed by atoms with van der Waals surface area (Å²) in [5.74, 6) is -0.293. The van der Waals surface area contributed by atoms with Gasteiger partial charge in [-0.1, -0.05) is 18.2 Å². The predicted molar refractivity (Wildman–Crippen MR) is 109 cm³/mol. The molecule has 4 rings (SSSR count). The third-order valence-electron chi connectivity index (χ3n) is 5.44. The topological polar surface area (TPSA) is 68.5 Å². The summed E-state index contributed by atoms with van der Waals surface area (Å²) in [6.45, 7) is 1.81. The lowest BCUT2D eigenvalue weighted by molar-refractivity contribution is -0.137. The SMILES string of the molecule is COn1cc(C2=N[C@@](c3ccc(C(F)(F)F)cc3)(c3ccc(F)nc3)[C@H](C)N2)ccc1=O. The van der Waals surface area contributed by atoms with E-state index in [0.29, 0.717) is 22.5 Å². The van der Waals surface area contributed by atoms with Crippen LogP contribution in [0, 0.1) is 5.95 Å². The fraction of sp³-hybridized carbons (Fsp3) is 0.227. The summed E-state index contributed by atoms with van der Waals surface area (Å²) < 4.78 is 53.8. The number of pyridine rings is 2. The lowest BCUT2D eigenvalue weighted by Gasteiger charge is -2.31. The molecular formula is C22H18F4N4O2. The Kier molecular flexibility index (Phi) is 5.23. The minimum atomic E-state index is -4.48. The molecule has 6 nitrogen and oxygen atoms in total. The van der Waals surface area contributed by atoms with E-state index < -0.39 is 29.3 Å². The van der Waals surface area contributed by atoms with Crippen LogP contribution in [0.3, 0.4) is 0 Å². The third-order valence-corrected chi connectivity index (χ3v) is 5.44. The van der Waals surface area contributed by atoms with Gasteiger partial charge in [-0.3, -0.25) is 4.79 Å². The van der Waals surface area contributed by atoms with Crippen molar-refractivity contribution in [3.8, 4) is 0 Å². The van der Waals surface area contributed by atoms with E-state index in [2.05, 4.69) is 10.3 Å². The molecule has 1 aromatic carbocycles. The summed E-state index contributed by atoms with van der Waals surface area (Å²) in [5.41, 5.74) is -0.859. The second-order valence-corrected chi connectivity index (χ2v) is 7.30. The number of amidine groups is 1. The maximum Gasteiger partial charge on any atom is 0.416 e. The average molecular weight is 446 g/mol. The number of rotatable bonds is 4. The fourth-order valence-corrected chi connectivity index (χ4v) is 3.82. The molecule has 166 valence electrons. The molecule has 0 spiro atoms. The lowest BCUT2D eigenvalue weighted by Crippen LogP contribution is -2.41. The molecule has 0 bridgehead atoms. The molecule has 0 saturated heterocycles. The van der Waals surface area contributed by atoms with Gasteiger partial charge in [-0.15, -0.1) is 0 Å². The molecular weight excluding hydrogens is 428 g/mol. The number of hydrogen-bond acceptors (Lipinski definition) is 5. The Morgan fingerprint density at radius 3 is 2.34 bits per heavy atom. The quantitative estimate of drug-likeness (QED) is 0.494. The summed E-state index contributed by atoms with van der Waals surface area (Å²) in [6, 6.07) is 9.78. The molecule has 0 radical (unpaired) electrons. The van der Waals surface area contributed by atoms with Crippen LogP contribution in [-0.2, 0) is 11.7 Å². The molecule has 0 saturated carbocycles. The Bertz CT molecular complexity index is 1220. The first kappa shape index (κ1) is 21.5. The smallest absolute Gasteiger partial charge is 0.414 e. The minimum absolute atomic E-state index is 0.375. The summed E-state index contributed by atoms with van der Waals surface area (Å²) in [7, 11) is 1.34. The molecule has 0 amide bonds. The molecule has 1 aliphatic rings. The van der Waals surface area contributed by atoms with Gasteiger partial charge in [0, 0.05) is 23.4 Å². The fourth-order valence-electron chi connectivity index (χ4n) is 3.82. The van der Waals surface area contributed by atoms with E-state index >= 15 is 0 Å². The number of alkyl halides is 3. The van der Waals surface area contributed by atoms with Gasteiger partial charge in [0.25, 0.3) is 5.56 Å². The van der Waals surface area contributed by atoms with Crippen LogP contribution in [0.2, 0.25) is 0 Å². The molecule has 0 fully saturated rings. The van der Waals surface area contributed by atoms with Crippen molar-refractivity contribution >= 4 is 5.84 Å². The second kappa shape index (κ2) is 7.77. The van der Waals surface area contributed by atoms with Gasteiger partial charge in [0.1, 0.15) is 18.5 Å². The van der Waals surface area contributed by atoms with Gasteiger partial charge in [-0.2, -0.15) is 22.3 Å². The summed E-state index contributed by atoms with van der Waals surface area (Å²) in [4.78, 5) is 25.4. The van der Waals surface area contributed by atoms with Crippen LogP contribution in [-0.4, -0.2) is 28.7 Å². The summed E-state index contributed by atoms with van der Waals surface area (Å²) in [6.07, 6.45) is -1.72. The van der Waals surface area contributed by atoms with Crippen molar-refractivity contribution in [2.75, 3.05) is 7.11 Å². The monoisotopic (exact) mass is 446 g/mol. The van der Waals surface area contributed by atoms with Crippen molar-refractivity contribution in [2.45, 2.75) is 24.7 Å². The molecule has 10 heteroatoms. The number of nitrogens with zero attached hydrogens (tertiary/aromatic N) is 3. The van der Waals surface area contributed by atoms with Gasteiger partial charge >= 0.3 is 6.18 Å². The summed E-state index contributed by atoms with van der Waals surface area (Å²) >= 11 is 0. The number of halogens is 4. The number of hydrogen-bond donors (Lipinski definition) is 1. The van der Waals surface area contributed by atoms with Crippen molar-refractivity contribution in [3.05, 3.63) is 99.5 Å². The Labute approximate surface area is 180 Å². The Morgan fingerprint density at radius 1 is 1.06 bits per heavy atom. The van der Waals surface area contributed by atoms with Gasteiger partial charge in [0.05, 0.1) is 17.8 Å². The van der Waals surface area contributed by atoms with E-state index in [1.807, 2.05) is 6.92 Å². The Hall–Kier alpha value is -3.69. The van der Waals surface area contributed by atoms with Crippen molar-refractivity contribution in [1.82, 2.24) is 15.0 Å². The van der Waals surface area contributed by atoms with Crippen LogP contribution in [0.4, 0.5) is 17.6 Å². The zero-order valence-corrected chi connectivity index (χ0v) is 17.0. The van der Waals surface area contributed by atoms with Gasteiger partial charge in [-0.05, 0) is 36.8 Å². The van der Waals surface area contributed by atoms with Crippen molar-refractivity contribution in [1.29, 1.82) is 0 Å². The highest BCUT2D eigenvalue weighted by Gasteiger charge is 2.45. The molecule has 3 heterocycles. The van der Waals surface area contributed by atoms with Crippen molar-refractivity contribution < 1.29 is 22.4 Å². The first-order valence-electron chi connectivity index (χ1n) is 9.59. The van der Waals surface area contributed by atoms with E-state index in [4.69, 9.17) is 9.83 Å². The first-order chi connectivity index (χ1) is 15.1. The Morgan fingerprint density at radius 2 is 1.75 bits per heavy atom. The largest absolute Gasteiger partial charge is 0.416 e. The van der Waals surface area contributed by atoms with E-state index in [0.717, 1.165) is 16.9 Å². The highest BCUT2D eigenvalue weighted by Crippen LogP contribution is 2.41. The molecule has 2 aromatic heterocycles. The van der Waals surface area contributed by atoms with Gasteiger partial charge in [0.15, 0.2) is 0 Å². The molecule has 0 aliphatic carbocycles. The first-order valence-corrected chi connectivity index (χ1v) is 9.59. The number of nitrogens with one attached hydrogen (secondary N) is 1.